The number of ketones is 1. The largest absolute Gasteiger partial charge is 0.366 e. The van der Waals surface area contributed by atoms with Crippen molar-refractivity contribution in [3.63, 3.8) is 0 Å². The number of hydrogen-bond acceptors (Lipinski definition) is 3. The predicted octanol–water partition coefficient (Wildman–Crippen LogP) is 1.45. The van der Waals surface area contributed by atoms with Gasteiger partial charge in [0.2, 0.25) is 5.91 Å². The van der Waals surface area contributed by atoms with Crippen molar-refractivity contribution in [1.82, 2.24) is 4.57 Å². The van der Waals surface area contributed by atoms with Crippen LogP contribution in [0.15, 0.2) is 41.2 Å². The van der Waals surface area contributed by atoms with Crippen LogP contribution in [0.2, 0.25) is 0 Å². The molecular weight excluding hydrogens is 256 g/mol. The van der Waals surface area contributed by atoms with E-state index in [2.05, 4.69) is 0 Å². The summed E-state index contributed by atoms with van der Waals surface area (Å²) in [6.45, 7) is 3.13. The van der Waals surface area contributed by atoms with Crippen LogP contribution < -0.4 is 11.3 Å². The molecule has 0 fully saturated rings. The lowest BCUT2D eigenvalue weighted by Crippen LogP contribution is -2.24. The smallest absolute Gasteiger partial charge is 0.255 e. The molecule has 1 aromatic heterocycles. The van der Waals surface area contributed by atoms with Crippen LogP contribution in [-0.2, 0) is 0 Å². The number of carbonyl (C=O) groups excluding carboxylic acids is 2. The minimum Gasteiger partial charge on any atom is -0.366 e. The van der Waals surface area contributed by atoms with E-state index in [1.807, 2.05) is 0 Å². The van der Waals surface area contributed by atoms with E-state index in [9.17, 15) is 14.4 Å². The minimum atomic E-state index is -0.586. The number of rotatable bonds is 3. The molecular formula is C15H14N2O3. The summed E-state index contributed by atoms with van der Waals surface area (Å²) in [7, 11) is 0. The normalized spacial score (nSPS) is 10.3. The Morgan fingerprint density at radius 3 is 2.15 bits per heavy atom. The van der Waals surface area contributed by atoms with Gasteiger partial charge in [0.25, 0.3) is 5.56 Å². The van der Waals surface area contributed by atoms with Gasteiger partial charge in [0.05, 0.1) is 5.56 Å². The Hall–Kier alpha value is -2.69. The van der Waals surface area contributed by atoms with Gasteiger partial charge in [-0.25, -0.2) is 0 Å². The van der Waals surface area contributed by atoms with E-state index in [0.717, 1.165) is 0 Å². The summed E-state index contributed by atoms with van der Waals surface area (Å²) >= 11 is 0. The Labute approximate surface area is 115 Å². The van der Waals surface area contributed by atoms with E-state index in [-0.39, 0.29) is 11.3 Å². The second-order valence-corrected chi connectivity index (χ2v) is 4.47. The monoisotopic (exact) mass is 270 g/mol. The van der Waals surface area contributed by atoms with Crippen LogP contribution in [0.1, 0.15) is 33.3 Å². The van der Waals surface area contributed by atoms with E-state index in [4.69, 9.17) is 5.73 Å². The summed E-state index contributed by atoms with van der Waals surface area (Å²) in [4.78, 5) is 34.5. The molecule has 102 valence electrons. The number of primary amides is 1. The van der Waals surface area contributed by atoms with Crippen molar-refractivity contribution in [1.29, 1.82) is 0 Å². The fourth-order valence-electron chi connectivity index (χ4n) is 2.06. The molecule has 20 heavy (non-hydrogen) atoms. The maximum Gasteiger partial charge on any atom is 0.255 e. The van der Waals surface area contributed by atoms with Gasteiger partial charge in [-0.3, -0.25) is 19.0 Å². The zero-order valence-corrected chi connectivity index (χ0v) is 11.2. The number of benzene rings is 1. The Kier molecular flexibility index (Phi) is 3.52. The van der Waals surface area contributed by atoms with Crippen LogP contribution in [0.4, 0.5) is 0 Å². The standard InChI is InChI=1S/C15H14N2O3/c1-9-13(15(16)20)7-8-14(19)17(9)12-5-3-11(4-6-12)10(2)18/h3-8H,1-2H3,(H2,16,20). The van der Waals surface area contributed by atoms with Crippen molar-refractivity contribution in [2.24, 2.45) is 5.73 Å². The first kappa shape index (κ1) is 13.7. The van der Waals surface area contributed by atoms with Crippen LogP contribution >= 0.6 is 0 Å². The molecule has 0 radical (unpaired) electrons. The van der Waals surface area contributed by atoms with Crippen molar-refractivity contribution >= 4 is 11.7 Å². The maximum absolute atomic E-state index is 12.0. The van der Waals surface area contributed by atoms with Gasteiger partial charge < -0.3 is 5.73 Å². The molecule has 5 heteroatoms. The number of pyridine rings is 1. The van der Waals surface area contributed by atoms with Crippen LogP contribution in [0, 0.1) is 6.92 Å². The summed E-state index contributed by atoms with van der Waals surface area (Å²) in [5.74, 6) is -0.636. The van der Waals surface area contributed by atoms with Crippen molar-refractivity contribution < 1.29 is 9.59 Å². The van der Waals surface area contributed by atoms with Gasteiger partial charge in [0.15, 0.2) is 5.78 Å². The van der Waals surface area contributed by atoms with Gasteiger partial charge in [-0.05, 0) is 44.2 Å². The maximum atomic E-state index is 12.0. The van der Waals surface area contributed by atoms with Gasteiger partial charge in [-0.15, -0.1) is 0 Å². The molecule has 5 nitrogen and oxygen atoms in total. The molecule has 0 saturated carbocycles. The van der Waals surface area contributed by atoms with Gasteiger partial charge in [0, 0.05) is 23.0 Å². The number of amides is 1. The van der Waals surface area contributed by atoms with E-state index < -0.39 is 5.91 Å². The highest BCUT2D eigenvalue weighted by molar-refractivity contribution is 5.94. The first-order valence-corrected chi connectivity index (χ1v) is 6.05. The molecule has 0 aliphatic heterocycles. The summed E-state index contributed by atoms with van der Waals surface area (Å²) in [5, 5.41) is 0. The number of carbonyl (C=O) groups is 2. The highest BCUT2D eigenvalue weighted by Gasteiger charge is 2.11. The minimum absolute atomic E-state index is 0.0495. The van der Waals surface area contributed by atoms with Crippen LogP contribution in [0.3, 0.4) is 0 Å². The number of nitrogens with zero attached hydrogens (tertiary/aromatic N) is 1. The number of aromatic nitrogens is 1. The molecule has 0 atom stereocenters. The molecule has 2 N–H and O–H groups in total. The summed E-state index contributed by atoms with van der Waals surface area (Å²) in [6.07, 6.45) is 0. The molecule has 0 spiro atoms. The van der Waals surface area contributed by atoms with Gasteiger partial charge >= 0.3 is 0 Å². The Morgan fingerprint density at radius 2 is 1.65 bits per heavy atom. The zero-order chi connectivity index (χ0) is 14.9. The number of hydrogen-bond donors (Lipinski definition) is 1. The van der Waals surface area contributed by atoms with Crippen molar-refractivity contribution in [2.45, 2.75) is 13.8 Å². The van der Waals surface area contributed by atoms with E-state index in [0.29, 0.717) is 22.5 Å². The first-order valence-electron chi connectivity index (χ1n) is 6.05. The molecule has 0 bridgehead atoms. The molecule has 1 heterocycles. The van der Waals surface area contributed by atoms with Gasteiger partial charge in [-0.1, -0.05) is 0 Å². The molecule has 0 aliphatic carbocycles. The second-order valence-electron chi connectivity index (χ2n) is 4.47. The summed E-state index contributed by atoms with van der Waals surface area (Å²) in [5.41, 5.74) is 6.92. The Bertz CT molecular complexity index is 743. The fourth-order valence-corrected chi connectivity index (χ4v) is 2.06. The first-order chi connectivity index (χ1) is 9.41. The van der Waals surface area contributed by atoms with E-state index in [1.165, 1.54) is 23.6 Å². The third-order valence-electron chi connectivity index (χ3n) is 3.14. The van der Waals surface area contributed by atoms with Crippen LogP contribution in [0.5, 0.6) is 0 Å². The lowest BCUT2D eigenvalue weighted by atomic mass is 10.1. The molecule has 1 aromatic carbocycles. The fraction of sp³-hybridized carbons (Fsp3) is 0.133. The lowest BCUT2D eigenvalue weighted by Gasteiger charge is -2.12. The number of nitrogens with two attached hydrogens (primary N) is 1. The number of Topliss-reactive ketones (excluding diaryl/α,β-unsaturated/α-hetero) is 1. The highest BCUT2D eigenvalue weighted by atomic mass is 16.1. The average Bonchev–Trinajstić information content (AvgIpc) is 2.38. The van der Waals surface area contributed by atoms with Crippen LogP contribution in [-0.4, -0.2) is 16.3 Å². The van der Waals surface area contributed by atoms with Crippen molar-refractivity contribution in [3.8, 4) is 5.69 Å². The van der Waals surface area contributed by atoms with Crippen molar-refractivity contribution in [3.05, 3.63) is 63.6 Å². The van der Waals surface area contributed by atoms with E-state index in [1.54, 1.807) is 31.2 Å². The summed E-state index contributed by atoms with van der Waals surface area (Å²) < 4.78 is 1.39. The summed E-state index contributed by atoms with van der Waals surface area (Å²) in [6, 6.07) is 9.32. The van der Waals surface area contributed by atoms with Gasteiger partial charge in [0.1, 0.15) is 0 Å². The quantitative estimate of drug-likeness (QED) is 0.857. The average molecular weight is 270 g/mol. The molecule has 0 unspecified atom stereocenters. The van der Waals surface area contributed by atoms with E-state index >= 15 is 0 Å². The molecule has 1 amide bonds. The topological polar surface area (TPSA) is 82.2 Å². The molecule has 2 rings (SSSR count). The zero-order valence-electron chi connectivity index (χ0n) is 11.2. The molecule has 0 aliphatic rings. The predicted molar refractivity (Wildman–Crippen MR) is 75.3 cm³/mol. The third-order valence-corrected chi connectivity index (χ3v) is 3.14. The molecule has 2 aromatic rings. The molecule has 0 saturated heterocycles. The highest BCUT2D eigenvalue weighted by Crippen LogP contribution is 2.13. The lowest BCUT2D eigenvalue weighted by molar-refractivity contribution is 0.0995. The second kappa shape index (κ2) is 5.13. The SMILES string of the molecule is CC(=O)c1ccc(-n2c(C)c(C(N)=O)ccc2=O)cc1. The third kappa shape index (κ3) is 2.38. The van der Waals surface area contributed by atoms with Crippen LogP contribution in [0.25, 0.3) is 5.69 Å². The van der Waals surface area contributed by atoms with Crippen molar-refractivity contribution in [2.75, 3.05) is 0 Å². The Morgan fingerprint density at radius 1 is 1.05 bits per heavy atom. The van der Waals surface area contributed by atoms with Gasteiger partial charge in [-0.2, -0.15) is 0 Å². The Balaban J connectivity index is 2.63.